The molecule has 1 unspecified atom stereocenters. The van der Waals surface area contributed by atoms with Crippen LogP contribution in [-0.4, -0.2) is 24.2 Å². The van der Waals surface area contributed by atoms with Gasteiger partial charge in [-0.1, -0.05) is 36.7 Å². The van der Waals surface area contributed by atoms with Crippen molar-refractivity contribution in [2.75, 3.05) is 13.4 Å². The highest BCUT2D eigenvalue weighted by atomic mass is 35.5. The highest BCUT2D eigenvalue weighted by Crippen LogP contribution is 2.41. The Labute approximate surface area is 211 Å². The second kappa shape index (κ2) is 8.91. The number of rotatable bonds is 6. The Bertz CT molecular complexity index is 1540. The molecule has 1 atom stereocenters. The molecule has 1 aromatic heterocycles. The fourth-order valence-electron chi connectivity index (χ4n) is 4.70. The molecule has 2 aliphatic heterocycles. The average molecular weight is 504 g/mol. The first-order valence-electron chi connectivity index (χ1n) is 11.7. The predicted molar refractivity (Wildman–Crippen MR) is 134 cm³/mol. The maximum atomic E-state index is 13.7. The number of hydrogen-bond acceptors (Lipinski definition) is 6. The van der Waals surface area contributed by atoms with E-state index >= 15 is 0 Å². The molecule has 1 amide bonds. The van der Waals surface area contributed by atoms with E-state index in [4.69, 9.17) is 30.2 Å². The summed E-state index contributed by atoms with van der Waals surface area (Å²) in [5.74, 6) is 1.71. The predicted octanol–water partition coefficient (Wildman–Crippen LogP) is 5.71. The van der Waals surface area contributed by atoms with E-state index in [1.54, 1.807) is 23.1 Å². The lowest BCUT2D eigenvalue weighted by atomic mass is 9.98. The van der Waals surface area contributed by atoms with Gasteiger partial charge in [0.25, 0.3) is 5.91 Å². The third-order valence-electron chi connectivity index (χ3n) is 6.39. The smallest absolute Gasteiger partial charge is 0.291 e. The molecular formula is C28H22ClNO6. The van der Waals surface area contributed by atoms with Gasteiger partial charge >= 0.3 is 0 Å². The lowest BCUT2D eigenvalue weighted by Crippen LogP contribution is -2.29. The van der Waals surface area contributed by atoms with Crippen molar-refractivity contribution in [2.45, 2.75) is 25.9 Å². The van der Waals surface area contributed by atoms with Crippen LogP contribution >= 0.6 is 11.6 Å². The van der Waals surface area contributed by atoms with Gasteiger partial charge < -0.3 is 23.5 Å². The molecule has 6 rings (SSSR count). The van der Waals surface area contributed by atoms with E-state index in [2.05, 4.69) is 0 Å². The van der Waals surface area contributed by atoms with Crippen molar-refractivity contribution in [3.63, 3.8) is 0 Å². The van der Waals surface area contributed by atoms with Crippen LogP contribution in [-0.2, 0) is 6.54 Å². The fraction of sp³-hybridized carbons (Fsp3) is 0.214. The van der Waals surface area contributed by atoms with Crippen LogP contribution in [0.15, 0.2) is 69.9 Å². The molecule has 2 aliphatic rings. The molecule has 3 aromatic carbocycles. The van der Waals surface area contributed by atoms with Crippen LogP contribution < -0.4 is 19.6 Å². The van der Waals surface area contributed by atoms with Gasteiger partial charge in [0, 0.05) is 11.6 Å². The maximum absolute atomic E-state index is 13.7. The Morgan fingerprint density at radius 3 is 2.61 bits per heavy atom. The molecule has 0 fully saturated rings. The van der Waals surface area contributed by atoms with Gasteiger partial charge in [0.2, 0.25) is 12.6 Å². The molecule has 0 radical (unpaired) electrons. The molecule has 0 N–H and O–H groups in total. The van der Waals surface area contributed by atoms with Crippen molar-refractivity contribution in [2.24, 2.45) is 0 Å². The summed E-state index contributed by atoms with van der Waals surface area (Å²) in [4.78, 5) is 29.0. The number of fused-ring (bicyclic) bond motifs is 3. The van der Waals surface area contributed by atoms with Crippen LogP contribution in [0.2, 0.25) is 5.02 Å². The Hall–Kier alpha value is -3.97. The van der Waals surface area contributed by atoms with E-state index in [-0.39, 0.29) is 30.4 Å². The zero-order chi connectivity index (χ0) is 24.8. The molecule has 0 bridgehead atoms. The summed E-state index contributed by atoms with van der Waals surface area (Å²) in [6.45, 7) is 3.06. The Kier molecular flexibility index (Phi) is 5.57. The van der Waals surface area contributed by atoms with Gasteiger partial charge in [-0.2, -0.15) is 0 Å². The summed E-state index contributed by atoms with van der Waals surface area (Å²) in [6, 6.07) is 17.2. The lowest BCUT2D eigenvalue weighted by Gasteiger charge is -2.25. The van der Waals surface area contributed by atoms with E-state index in [1.807, 2.05) is 49.4 Å². The van der Waals surface area contributed by atoms with E-state index < -0.39 is 6.04 Å². The average Bonchev–Trinajstić information content (AvgIpc) is 3.46. The summed E-state index contributed by atoms with van der Waals surface area (Å²) in [7, 11) is 0. The van der Waals surface area contributed by atoms with Crippen LogP contribution in [0.25, 0.3) is 11.0 Å². The number of carbonyl (C=O) groups is 1. The van der Waals surface area contributed by atoms with Crippen molar-refractivity contribution in [3.8, 4) is 17.2 Å². The zero-order valence-corrected chi connectivity index (χ0v) is 20.2. The standard InChI is InChI=1S/C28H22ClNO6/c1-2-11-33-19-7-4-17(5-8-19)25-24-26(31)20-13-18(29)6-10-21(20)36-27(24)28(32)30(25)14-16-3-9-22-23(12-16)35-15-34-22/h3-10,12-13,25H,2,11,14-15H2,1H3. The van der Waals surface area contributed by atoms with Crippen LogP contribution in [0.4, 0.5) is 0 Å². The Morgan fingerprint density at radius 2 is 1.81 bits per heavy atom. The summed E-state index contributed by atoms with van der Waals surface area (Å²) in [6.07, 6.45) is 0.895. The molecule has 0 spiro atoms. The first kappa shape index (κ1) is 22.5. The largest absolute Gasteiger partial charge is 0.494 e. The number of nitrogens with zero attached hydrogens (tertiary/aromatic N) is 1. The van der Waals surface area contributed by atoms with Crippen LogP contribution in [0.3, 0.4) is 0 Å². The molecule has 0 saturated carbocycles. The SMILES string of the molecule is CCCOc1ccc(C2c3c(oc4ccc(Cl)cc4c3=O)C(=O)N2Cc2ccc3c(c2)OCO3)cc1. The van der Waals surface area contributed by atoms with E-state index in [0.29, 0.717) is 39.7 Å². The molecule has 8 heteroatoms. The first-order valence-corrected chi connectivity index (χ1v) is 12.1. The molecule has 36 heavy (non-hydrogen) atoms. The number of halogens is 1. The molecule has 4 aromatic rings. The molecule has 3 heterocycles. The summed E-state index contributed by atoms with van der Waals surface area (Å²) in [5.41, 5.74) is 1.97. The van der Waals surface area contributed by atoms with Gasteiger partial charge in [-0.3, -0.25) is 9.59 Å². The van der Waals surface area contributed by atoms with Gasteiger partial charge in [-0.05, 0) is 60.0 Å². The van der Waals surface area contributed by atoms with E-state index in [0.717, 1.165) is 23.3 Å². The summed E-state index contributed by atoms with van der Waals surface area (Å²) in [5, 5.41) is 0.761. The van der Waals surface area contributed by atoms with Crippen LogP contribution in [0.1, 0.15) is 46.6 Å². The number of benzene rings is 3. The van der Waals surface area contributed by atoms with Gasteiger partial charge in [0.05, 0.1) is 23.6 Å². The van der Waals surface area contributed by atoms with Crippen LogP contribution in [0.5, 0.6) is 17.2 Å². The minimum absolute atomic E-state index is 0.0480. The molecular weight excluding hydrogens is 482 g/mol. The van der Waals surface area contributed by atoms with E-state index in [9.17, 15) is 9.59 Å². The number of hydrogen-bond donors (Lipinski definition) is 0. The molecule has 0 saturated heterocycles. The monoisotopic (exact) mass is 503 g/mol. The van der Waals surface area contributed by atoms with Crippen molar-refractivity contribution in [1.29, 1.82) is 0 Å². The van der Waals surface area contributed by atoms with Gasteiger partial charge in [-0.25, -0.2) is 0 Å². The second-order valence-corrected chi connectivity index (χ2v) is 9.19. The fourth-order valence-corrected chi connectivity index (χ4v) is 4.88. The third kappa shape index (κ3) is 3.76. The van der Waals surface area contributed by atoms with Crippen molar-refractivity contribution in [3.05, 3.63) is 98.4 Å². The van der Waals surface area contributed by atoms with Crippen molar-refractivity contribution >= 4 is 28.5 Å². The lowest BCUT2D eigenvalue weighted by molar-refractivity contribution is 0.0714. The highest BCUT2D eigenvalue weighted by molar-refractivity contribution is 6.31. The minimum atomic E-state index is -0.641. The van der Waals surface area contributed by atoms with Crippen LogP contribution in [0, 0.1) is 0 Å². The van der Waals surface area contributed by atoms with E-state index in [1.165, 1.54) is 0 Å². The summed E-state index contributed by atoms with van der Waals surface area (Å²) < 4.78 is 22.6. The zero-order valence-electron chi connectivity index (χ0n) is 19.5. The Balaban J connectivity index is 1.47. The molecule has 182 valence electrons. The topological polar surface area (TPSA) is 78.2 Å². The quantitative estimate of drug-likeness (QED) is 0.335. The van der Waals surface area contributed by atoms with Crippen molar-refractivity contribution in [1.82, 2.24) is 4.90 Å². The molecule has 7 nitrogen and oxygen atoms in total. The Morgan fingerprint density at radius 1 is 1.00 bits per heavy atom. The number of carbonyl (C=O) groups excluding carboxylic acids is 1. The second-order valence-electron chi connectivity index (χ2n) is 8.76. The molecule has 0 aliphatic carbocycles. The first-order chi connectivity index (χ1) is 17.5. The minimum Gasteiger partial charge on any atom is -0.494 e. The van der Waals surface area contributed by atoms with Gasteiger partial charge in [0.15, 0.2) is 16.9 Å². The summed E-state index contributed by atoms with van der Waals surface area (Å²) >= 11 is 6.17. The normalized spacial score (nSPS) is 16.0. The third-order valence-corrected chi connectivity index (χ3v) is 6.62. The highest BCUT2D eigenvalue weighted by Gasteiger charge is 2.42. The van der Waals surface area contributed by atoms with Gasteiger partial charge in [-0.15, -0.1) is 0 Å². The van der Waals surface area contributed by atoms with Crippen molar-refractivity contribution < 1.29 is 23.4 Å². The maximum Gasteiger partial charge on any atom is 0.291 e. The number of amides is 1. The number of ether oxygens (including phenoxy) is 3. The van der Waals surface area contributed by atoms with Gasteiger partial charge in [0.1, 0.15) is 11.3 Å².